The smallest absolute Gasteiger partial charge is 0.232 e. The second kappa shape index (κ2) is 9.63. The largest absolute Gasteiger partial charge is 0.370 e. The third-order valence-electron chi connectivity index (χ3n) is 6.03. The number of carbonyl (C=O) groups is 1. The van der Waals surface area contributed by atoms with Gasteiger partial charge in [0.15, 0.2) is 10.9 Å². The number of carbonyl (C=O) groups excluding carboxylic acids is 1. The number of ketones is 1. The number of hydrogen-bond acceptors (Lipinski definition) is 9. The van der Waals surface area contributed by atoms with Gasteiger partial charge in [-0.2, -0.15) is 0 Å². The Kier molecular flexibility index (Phi) is 6.50. The number of sulfonamides is 1. The number of aromatic nitrogens is 1. The van der Waals surface area contributed by atoms with Crippen LogP contribution in [0.25, 0.3) is 5.57 Å². The van der Waals surface area contributed by atoms with Crippen molar-refractivity contribution in [1.29, 1.82) is 0 Å². The molecule has 1 aromatic carbocycles. The molecule has 1 aromatic heterocycles. The predicted molar refractivity (Wildman–Crippen MR) is 139 cm³/mol. The molecule has 194 valence electrons. The maximum absolute atomic E-state index is 15.3. The summed E-state index contributed by atoms with van der Waals surface area (Å²) >= 11 is 1.46. The van der Waals surface area contributed by atoms with Crippen molar-refractivity contribution < 1.29 is 22.0 Å². The molecule has 0 fully saturated rings. The molecule has 2 atom stereocenters. The van der Waals surface area contributed by atoms with Crippen LogP contribution < -0.4 is 25.6 Å². The van der Waals surface area contributed by atoms with Gasteiger partial charge in [0.1, 0.15) is 18.1 Å². The van der Waals surface area contributed by atoms with Crippen LogP contribution in [0.15, 0.2) is 59.5 Å². The quantitative estimate of drug-likeness (QED) is 0.373. The number of dihydropyridines is 1. The Labute approximate surface area is 216 Å². The second-order valence-electron chi connectivity index (χ2n) is 8.64. The van der Waals surface area contributed by atoms with Crippen LogP contribution in [0.2, 0.25) is 0 Å². The first-order valence-electron chi connectivity index (χ1n) is 11.5. The van der Waals surface area contributed by atoms with E-state index in [9.17, 15) is 17.6 Å². The fourth-order valence-electron chi connectivity index (χ4n) is 4.20. The van der Waals surface area contributed by atoms with Crippen LogP contribution in [0.1, 0.15) is 36.3 Å². The van der Waals surface area contributed by atoms with Crippen molar-refractivity contribution in [2.24, 2.45) is 0 Å². The summed E-state index contributed by atoms with van der Waals surface area (Å²) in [6.07, 6.45) is 8.55. The van der Waals surface area contributed by atoms with E-state index in [0.29, 0.717) is 23.3 Å². The topological polar surface area (TPSA) is 115 Å². The lowest BCUT2D eigenvalue weighted by Gasteiger charge is -2.21. The van der Waals surface area contributed by atoms with Crippen LogP contribution in [0, 0.1) is 11.6 Å². The van der Waals surface area contributed by atoms with Gasteiger partial charge >= 0.3 is 0 Å². The molecule has 3 aliphatic heterocycles. The Morgan fingerprint density at radius 1 is 1.22 bits per heavy atom. The molecule has 5 rings (SSSR count). The lowest BCUT2D eigenvalue weighted by atomic mass is 9.93. The van der Waals surface area contributed by atoms with Crippen molar-refractivity contribution >= 4 is 43.5 Å². The van der Waals surface area contributed by atoms with Crippen LogP contribution in [0.4, 0.5) is 19.6 Å². The number of benzene rings is 1. The standard InChI is InChI=1S/C24H24F2N6O3S2/c1-3-8-37(34,35)31-18-5-4-17(25)20(21(18)26)22(33)16-11-29-23-15(16)9-14(10-28-23)19-12-36-24(30-19)32-7-6-27-13(32)2/h4-7,9-13,23,27-29,31H,3,8H2,1-2H3. The van der Waals surface area contributed by atoms with E-state index in [1.807, 2.05) is 29.6 Å². The van der Waals surface area contributed by atoms with Crippen molar-refractivity contribution in [2.45, 2.75) is 32.6 Å². The molecule has 0 radical (unpaired) electrons. The summed E-state index contributed by atoms with van der Waals surface area (Å²) in [6.45, 7) is 3.66. The number of fused-ring (bicyclic) bond motifs is 1. The summed E-state index contributed by atoms with van der Waals surface area (Å²) in [5, 5.41) is 12.0. The van der Waals surface area contributed by atoms with Gasteiger partial charge in [0.05, 0.1) is 22.7 Å². The Bertz CT molecular complexity index is 1500. The fourth-order valence-corrected chi connectivity index (χ4v) is 6.23. The first kappa shape index (κ1) is 25.0. The molecule has 37 heavy (non-hydrogen) atoms. The normalized spacial score (nSPS) is 20.3. The van der Waals surface area contributed by atoms with E-state index in [1.165, 1.54) is 17.5 Å². The molecule has 4 heterocycles. The highest BCUT2D eigenvalue weighted by atomic mass is 32.2. The highest BCUT2D eigenvalue weighted by molar-refractivity contribution is 7.92. The number of thiazole rings is 1. The summed E-state index contributed by atoms with van der Waals surface area (Å²) in [6, 6.07) is 1.84. The maximum Gasteiger partial charge on any atom is 0.232 e. The number of nitrogens with zero attached hydrogens (tertiary/aromatic N) is 2. The summed E-state index contributed by atoms with van der Waals surface area (Å²) in [7, 11) is -3.84. The van der Waals surface area contributed by atoms with Gasteiger partial charge in [0.2, 0.25) is 15.8 Å². The molecule has 4 N–H and O–H groups in total. The van der Waals surface area contributed by atoms with Gasteiger partial charge in [0.25, 0.3) is 0 Å². The zero-order valence-electron chi connectivity index (χ0n) is 19.9. The van der Waals surface area contributed by atoms with E-state index in [2.05, 4.69) is 25.7 Å². The van der Waals surface area contributed by atoms with E-state index < -0.39 is 44.9 Å². The molecule has 0 bridgehead atoms. The van der Waals surface area contributed by atoms with Gasteiger partial charge in [0, 0.05) is 46.9 Å². The molecule has 0 saturated carbocycles. The lowest BCUT2D eigenvalue weighted by Crippen LogP contribution is -2.36. The number of Topliss-reactive ketones (excluding diaryl/α,β-unsaturated/α-hetero) is 1. The van der Waals surface area contributed by atoms with E-state index >= 15 is 4.39 Å². The minimum Gasteiger partial charge on any atom is -0.370 e. The molecule has 0 aliphatic carbocycles. The van der Waals surface area contributed by atoms with E-state index in [-0.39, 0.29) is 17.5 Å². The molecule has 0 spiro atoms. The minimum absolute atomic E-state index is 0.0604. The minimum atomic E-state index is -3.84. The summed E-state index contributed by atoms with van der Waals surface area (Å²) in [4.78, 5) is 20.0. The Balaban J connectivity index is 1.43. The second-order valence-corrected chi connectivity index (χ2v) is 11.3. The summed E-state index contributed by atoms with van der Waals surface area (Å²) in [5.41, 5.74) is 0.610. The maximum atomic E-state index is 15.3. The molecule has 3 aliphatic rings. The predicted octanol–water partition coefficient (Wildman–Crippen LogP) is 3.37. The molecular weight excluding hydrogens is 522 g/mol. The average molecular weight is 547 g/mol. The lowest BCUT2D eigenvalue weighted by molar-refractivity contribution is 0.102. The zero-order valence-corrected chi connectivity index (χ0v) is 21.5. The number of nitrogens with one attached hydrogen (secondary N) is 4. The van der Waals surface area contributed by atoms with Crippen molar-refractivity contribution in [3.8, 4) is 0 Å². The third kappa shape index (κ3) is 4.71. The van der Waals surface area contributed by atoms with Gasteiger partial charge in [-0.15, -0.1) is 11.3 Å². The number of halogens is 2. The van der Waals surface area contributed by atoms with E-state index in [0.717, 1.165) is 17.3 Å². The van der Waals surface area contributed by atoms with Gasteiger partial charge in [-0.05, 0) is 31.6 Å². The number of allylic oxidation sites excluding steroid dienone is 2. The zero-order chi connectivity index (χ0) is 26.3. The molecule has 13 heteroatoms. The Hall–Kier alpha value is -3.71. The van der Waals surface area contributed by atoms with Crippen LogP contribution in [0.5, 0.6) is 0 Å². The van der Waals surface area contributed by atoms with Crippen molar-refractivity contribution in [3.05, 3.63) is 82.4 Å². The van der Waals surface area contributed by atoms with Gasteiger partial charge in [-0.1, -0.05) is 6.92 Å². The van der Waals surface area contributed by atoms with Gasteiger partial charge < -0.3 is 20.9 Å². The van der Waals surface area contributed by atoms with Crippen molar-refractivity contribution in [3.63, 3.8) is 0 Å². The first-order valence-corrected chi connectivity index (χ1v) is 14.1. The van der Waals surface area contributed by atoms with Gasteiger partial charge in [-0.25, -0.2) is 22.2 Å². The number of rotatable bonds is 8. The van der Waals surface area contributed by atoms with Crippen LogP contribution in [-0.4, -0.2) is 37.3 Å². The number of anilines is 2. The fraction of sp³-hybridized carbons (Fsp3) is 0.250. The first-order chi connectivity index (χ1) is 17.7. The summed E-state index contributed by atoms with van der Waals surface area (Å²) < 4.78 is 56.3. The molecular formula is C24H24F2N6O3S2. The van der Waals surface area contributed by atoms with Crippen molar-refractivity contribution in [1.82, 2.24) is 20.9 Å². The highest BCUT2D eigenvalue weighted by Crippen LogP contribution is 2.34. The molecule has 0 saturated heterocycles. The molecule has 2 aromatic rings. The Morgan fingerprint density at radius 2 is 2.00 bits per heavy atom. The molecule has 2 unspecified atom stereocenters. The van der Waals surface area contributed by atoms with Crippen LogP contribution in [0.3, 0.4) is 0 Å². The third-order valence-corrected chi connectivity index (χ3v) is 8.36. The molecule has 9 nitrogen and oxygen atoms in total. The van der Waals surface area contributed by atoms with E-state index in [1.54, 1.807) is 19.2 Å². The van der Waals surface area contributed by atoms with Crippen LogP contribution >= 0.6 is 11.3 Å². The average Bonchev–Trinajstić information content (AvgIpc) is 3.59. The SMILES string of the molecule is CCCS(=O)(=O)Nc1ccc(F)c(C(=O)C2=CNC3NC=C(c4csc(N5C=CNC5C)n4)C=C23)c1F. The molecule has 0 amide bonds. The monoisotopic (exact) mass is 546 g/mol. The van der Waals surface area contributed by atoms with E-state index in [4.69, 9.17) is 0 Å². The van der Waals surface area contributed by atoms with Crippen LogP contribution in [-0.2, 0) is 10.0 Å². The van der Waals surface area contributed by atoms with Crippen molar-refractivity contribution in [2.75, 3.05) is 15.4 Å². The van der Waals surface area contributed by atoms with Gasteiger partial charge in [-0.3, -0.25) is 9.52 Å². The highest BCUT2D eigenvalue weighted by Gasteiger charge is 2.34. The summed E-state index contributed by atoms with van der Waals surface area (Å²) in [5.74, 6) is -3.49. The Morgan fingerprint density at radius 3 is 2.73 bits per heavy atom. The number of hydrogen-bond donors (Lipinski definition) is 4.